The second-order valence-electron chi connectivity index (χ2n) is 7.20. The predicted molar refractivity (Wildman–Crippen MR) is 105 cm³/mol. The van der Waals surface area contributed by atoms with Crippen LogP contribution in [0, 0.1) is 0 Å². The van der Waals surface area contributed by atoms with Crippen LogP contribution in [-0.2, 0) is 6.18 Å². The summed E-state index contributed by atoms with van der Waals surface area (Å²) in [5, 5.41) is 0. The molecule has 0 radical (unpaired) electrons. The molecule has 1 rings (SSSR count). The van der Waals surface area contributed by atoms with Gasteiger partial charge in [-0.2, -0.15) is 13.2 Å². The molecule has 0 N–H and O–H groups in total. The van der Waals surface area contributed by atoms with E-state index in [2.05, 4.69) is 13.8 Å². The fourth-order valence-corrected chi connectivity index (χ4v) is 3.08. The Bertz CT molecular complexity index is 525. The van der Waals surface area contributed by atoms with Crippen molar-refractivity contribution in [3.05, 3.63) is 35.4 Å². The largest absolute Gasteiger partial charge is 0.416 e. The van der Waals surface area contributed by atoms with Gasteiger partial charge in [0.05, 0.1) is 5.56 Å². The van der Waals surface area contributed by atoms with Gasteiger partial charge < -0.3 is 4.90 Å². The molecular weight excluding hydrogens is 351 g/mol. The lowest BCUT2D eigenvalue weighted by atomic mass is 10.1. The Kier molecular flexibility index (Phi) is 11.1. The molecule has 0 unspecified atom stereocenters. The van der Waals surface area contributed by atoms with Crippen molar-refractivity contribution in [1.82, 2.24) is 4.90 Å². The van der Waals surface area contributed by atoms with E-state index in [-0.39, 0.29) is 5.91 Å². The summed E-state index contributed by atoms with van der Waals surface area (Å²) in [5.41, 5.74) is -0.388. The maximum Gasteiger partial charge on any atom is 0.416 e. The summed E-state index contributed by atoms with van der Waals surface area (Å²) >= 11 is 0. The standard InChI is InChI=1S/C22H34F3NO/c1-3-5-7-8-9-10-11-12-18-26(17-6-4-2)21(27)19-13-15-20(16-14-19)22(23,24)25/h13-16H,3-12,17-18H2,1-2H3. The van der Waals surface area contributed by atoms with Gasteiger partial charge in [-0.25, -0.2) is 0 Å². The van der Waals surface area contributed by atoms with Gasteiger partial charge in [0.1, 0.15) is 0 Å². The normalized spacial score (nSPS) is 11.6. The first-order chi connectivity index (χ1) is 12.9. The molecule has 1 amide bonds. The number of unbranched alkanes of at least 4 members (excludes halogenated alkanes) is 8. The Hall–Kier alpha value is -1.52. The first-order valence-corrected chi connectivity index (χ1v) is 10.4. The topological polar surface area (TPSA) is 20.3 Å². The van der Waals surface area contributed by atoms with Crippen LogP contribution in [0.15, 0.2) is 24.3 Å². The van der Waals surface area contributed by atoms with Crippen molar-refractivity contribution in [2.45, 2.75) is 84.2 Å². The molecule has 2 nitrogen and oxygen atoms in total. The van der Waals surface area contributed by atoms with Crippen LogP contribution in [0.1, 0.15) is 94.0 Å². The average Bonchev–Trinajstić information content (AvgIpc) is 2.65. The van der Waals surface area contributed by atoms with Crippen molar-refractivity contribution < 1.29 is 18.0 Å². The lowest BCUT2D eigenvalue weighted by Crippen LogP contribution is -2.33. The minimum absolute atomic E-state index is 0.167. The van der Waals surface area contributed by atoms with Gasteiger partial charge in [-0.1, -0.05) is 65.2 Å². The third-order valence-corrected chi connectivity index (χ3v) is 4.81. The molecule has 1 aromatic rings. The summed E-state index contributed by atoms with van der Waals surface area (Å²) in [6.45, 7) is 5.61. The van der Waals surface area contributed by atoms with E-state index in [1.54, 1.807) is 4.90 Å². The highest BCUT2D eigenvalue weighted by atomic mass is 19.4. The predicted octanol–water partition coefficient (Wildman–Crippen LogP) is 7.09. The Balaban J connectivity index is 2.51. The third kappa shape index (κ3) is 9.30. The van der Waals surface area contributed by atoms with E-state index in [0.717, 1.165) is 37.8 Å². The van der Waals surface area contributed by atoms with Gasteiger partial charge in [0.2, 0.25) is 0 Å². The van der Waals surface area contributed by atoms with E-state index in [9.17, 15) is 18.0 Å². The quantitative estimate of drug-likeness (QED) is 0.332. The number of hydrogen-bond donors (Lipinski definition) is 0. The number of nitrogens with zero attached hydrogens (tertiary/aromatic N) is 1. The van der Waals surface area contributed by atoms with Crippen LogP contribution in [0.2, 0.25) is 0 Å². The Labute approximate surface area is 162 Å². The zero-order valence-corrected chi connectivity index (χ0v) is 16.8. The third-order valence-electron chi connectivity index (χ3n) is 4.81. The number of alkyl halides is 3. The van der Waals surface area contributed by atoms with Gasteiger partial charge in [0, 0.05) is 18.7 Å². The van der Waals surface area contributed by atoms with Crippen molar-refractivity contribution >= 4 is 5.91 Å². The molecule has 0 atom stereocenters. The number of rotatable bonds is 13. The van der Waals surface area contributed by atoms with Gasteiger partial charge in [0.15, 0.2) is 0 Å². The fraction of sp³-hybridized carbons (Fsp3) is 0.682. The second-order valence-corrected chi connectivity index (χ2v) is 7.20. The van der Waals surface area contributed by atoms with Gasteiger partial charge >= 0.3 is 6.18 Å². The van der Waals surface area contributed by atoms with Crippen molar-refractivity contribution in [1.29, 1.82) is 0 Å². The highest BCUT2D eigenvalue weighted by Gasteiger charge is 2.30. The lowest BCUT2D eigenvalue weighted by Gasteiger charge is -2.23. The summed E-state index contributed by atoms with van der Waals surface area (Å²) in [6, 6.07) is 4.55. The highest BCUT2D eigenvalue weighted by Crippen LogP contribution is 2.29. The summed E-state index contributed by atoms with van der Waals surface area (Å²) in [6.07, 6.45) is 7.09. The molecule has 0 heterocycles. The molecule has 1 aromatic carbocycles. The molecule has 0 aliphatic heterocycles. The van der Waals surface area contributed by atoms with Gasteiger partial charge in [-0.05, 0) is 37.1 Å². The SMILES string of the molecule is CCCCCCCCCCN(CCCC)C(=O)c1ccc(C(F)(F)F)cc1. The van der Waals surface area contributed by atoms with Crippen LogP contribution >= 0.6 is 0 Å². The molecule has 0 bridgehead atoms. The van der Waals surface area contributed by atoms with Gasteiger partial charge in [-0.15, -0.1) is 0 Å². The highest BCUT2D eigenvalue weighted by molar-refractivity contribution is 5.94. The number of carbonyl (C=O) groups excluding carboxylic acids is 1. The lowest BCUT2D eigenvalue weighted by molar-refractivity contribution is -0.137. The van der Waals surface area contributed by atoms with Crippen molar-refractivity contribution in [2.75, 3.05) is 13.1 Å². The molecular formula is C22H34F3NO. The van der Waals surface area contributed by atoms with Crippen LogP contribution in [0.25, 0.3) is 0 Å². The minimum atomic E-state index is -4.37. The maximum atomic E-state index is 12.7. The smallest absolute Gasteiger partial charge is 0.339 e. The van der Waals surface area contributed by atoms with Crippen molar-refractivity contribution in [3.8, 4) is 0 Å². The number of amides is 1. The monoisotopic (exact) mass is 385 g/mol. The van der Waals surface area contributed by atoms with E-state index in [1.165, 1.54) is 50.7 Å². The summed E-state index contributed by atoms with van der Waals surface area (Å²) in [7, 11) is 0. The molecule has 0 fully saturated rings. The Morgan fingerprint density at radius 2 is 1.26 bits per heavy atom. The van der Waals surface area contributed by atoms with E-state index in [4.69, 9.17) is 0 Å². The van der Waals surface area contributed by atoms with E-state index in [1.807, 2.05) is 0 Å². The van der Waals surface area contributed by atoms with Crippen molar-refractivity contribution in [2.24, 2.45) is 0 Å². The molecule has 0 spiro atoms. The van der Waals surface area contributed by atoms with Crippen LogP contribution in [0.3, 0.4) is 0 Å². The van der Waals surface area contributed by atoms with E-state index >= 15 is 0 Å². The van der Waals surface area contributed by atoms with Crippen LogP contribution in [-0.4, -0.2) is 23.9 Å². The molecule has 27 heavy (non-hydrogen) atoms. The summed E-state index contributed by atoms with van der Waals surface area (Å²) in [5.74, 6) is -0.167. The average molecular weight is 386 g/mol. The number of benzene rings is 1. The van der Waals surface area contributed by atoms with Gasteiger partial charge in [-0.3, -0.25) is 4.79 Å². The molecule has 0 saturated carbocycles. The van der Waals surface area contributed by atoms with Gasteiger partial charge in [0.25, 0.3) is 5.91 Å². The Morgan fingerprint density at radius 3 is 1.78 bits per heavy atom. The summed E-state index contributed by atoms with van der Waals surface area (Å²) in [4.78, 5) is 14.5. The van der Waals surface area contributed by atoms with Crippen molar-refractivity contribution in [3.63, 3.8) is 0 Å². The number of carbonyl (C=O) groups is 1. The molecule has 0 aromatic heterocycles. The first-order valence-electron chi connectivity index (χ1n) is 10.4. The maximum absolute atomic E-state index is 12.7. The molecule has 0 saturated heterocycles. The second kappa shape index (κ2) is 12.8. The summed E-state index contributed by atoms with van der Waals surface area (Å²) < 4.78 is 38.1. The molecule has 0 aliphatic rings. The van der Waals surface area contributed by atoms with Crippen LogP contribution in [0.4, 0.5) is 13.2 Å². The minimum Gasteiger partial charge on any atom is -0.339 e. The first kappa shape index (κ1) is 23.5. The fourth-order valence-electron chi connectivity index (χ4n) is 3.08. The van der Waals surface area contributed by atoms with E-state index < -0.39 is 11.7 Å². The van der Waals surface area contributed by atoms with Crippen LogP contribution < -0.4 is 0 Å². The molecule has 5 heteroatoms. The zero-order valence-electron chi connectivity index (χ0n) is 16.8. The molecule has 154 valence electrons. The zero-order chi connectivity index (χ0) is 20.1. The van der Waals surface area contributed by atoms with E-state index in [0.29, 0.717) is 18.7 Å². The Morgan fingerprint density at radius 1 is 0.778 bits per heavy atom. The molecule has 0 aliphatic carbocycles. The number of hydrogen-bond acceptors (Lipinski definition) is 1. The number of halogens is 3. The van der Waals surface area contributed by atoms with Crippen LogP contribution in [0.5, 0.6) is 0 Å².